The minimum Gasteiger partial charge on any atom is -0.387 e. The van der Waals surface area contributed by atoms with Crippen LogP contribution in [0.2, 0.25) is 0 Å². The molecule has 0 aromatic heterocycles. The molecule has 37 heavy (non-hydrogen) atoms. The molecule has 4 aliphatic heterocycles. The van der Waals surface area contributed by atoms with Crippen molar-refractivity contribution in [1.29, 1.82) is 0 Å². The molecular formula is C30H51BrO6. The molecule has 4 rings (SSSR count). The zero-order chi connectivity index (χ0) is 27.5. The van der Waals surface area contributed by atoms with Crippen molar-refractivity contribution in [3.05, 3.63) is 12.2 Å². The molecule has 2 N–H and O–H groups in total. The predicted molar refractivity (Wildman–Crippen MR) is 149 cm³/mol. The Bertz CT molecular complexity index is 853. The number of hydrogen-bond donors (Lipinski definition) is 2. The molecule has 4 aliphatic rings. The number of halogens is 1. The lowest BCUT2D eigenvalue weighted by atomic mass is 9.79. The second-order valence-corrected chi connectivity index (χ2v) is 15.3. The maximum absolute atomic E-state index is 11.7. The van der Waals surface area contributed by atoms with Gasteiger partial charge in [0.25, 0.3) is 0 Å². The van der Waals surface area contributed by atoms with Crippen LogP contribution in [0.25, 0.3) is 0 Å². The third-order valence-corrected chi connectivity index (χ3v) is 11.2. The molecule has 9 atom stereocenters. The van der Waals surface area contributed by atoms with Crippen molar-refractivity contribution >= 4 is 15.9 Å². The largest absolute Gasteiger partial charge is 0.387 e. The van der Waals surface area contributed by atoms with E-state index >= 15 is 0 Å². The average Bonchev–Trinajstić information content (AvgIpc) is 3.00. The Labute approximate surface area is 233 Å². The molecule has 0 unspecified atom stereocenters. The number of fused-ring (bicyclic) bond motifs is 2. The van der Waals surface area contributed by atoms with Crippen LogP contribution >= 0.6 is 15.9 Å². The van der Waals surface area contributed by atoms with Crippen molar-refractivity contribution < 1.29 is 29.2 Å². The standard InChI is InChI=1S/C30H51BrO6/c1-25(2)15-9-16-29(7)24(34-25)14-19-30(8)23(37-29)11-10-21(36-30)28(6,33)18-13-22-27(5,32)17-12-20(31)26(3,4)35-22/h9,15,20-24,32-33H,10-14,16-19H2,1-8H3/t20-,21-,22+,23+,24+,27+,28+,29-,30-/m1/s1. The number of rotatable bonds is 4. The van der Waals surface area contributed by atoms with E-state index in [2.05, 4.69) is 69.6 Å². The van der Waals surface area contributed by atoms with E-state index < -0.39 is 28.0 Å². The van der Waals surface area contributed by atoms with Crippen LogP contribution in [0.4, 0.5) is 0 Å². The Morgan fingerprint density at radius 1 is 0.865 bits per heavy atom. The van der Waals surface area contributed by atoms with Gasteiger partial charge < -0.3 is 29.2 Å². The van der Waals surface area contributed by atoms with Crippen molar-refractivity contribution in [2.24, 2.45) is 0 Å². The van der Waals surface area contributed by atoms with E-state index in [-0.39, 0.29) is 34.8 Å². The van der Waals surface area contributed by atoms with Gasteiger partial charge in [-0.1, -0.05) is 28.1 Å². The monoisotopic (exact) mass is 586 g/mol. The van der Waals surface area contributed by atoms with Gasteiger partial charge in [-0.15, -0.1) is 0 Å². The molecular weight excluding hydrogens is 536 g/mol. The summed E-state index contributed by atoms with van der Waals surface area (Å²) in [5.74, 6) is 0. The van der Waals surface area contributed by atoms with Crippen LogP contribution in [0.5, 0.6) is 0 Å². The summed E-state index contributed by atoms with van der Waals surface area (Å²) in [5, 5.41) is 22.9. The summed E-state index contributed by atoms with van der Waals surface area (Å²) in [6, 6.07) is 0. The molecule has 0 aliphatic carbocycles. The fraction of sp³-hybridized carbons (Fsp3) is 0.933. The lowest BCUT2D eigenvalue weighted by Crippen LogP contribution is -2.57. The molecule has 3 saturated heterocycles. The summed E-state index contributed by atoms with van der Waals surface area (Å²) < 4.78 is 26.6. The third kappa shape index (κ3) is 6.34. The van der Waals surface area contributed by atoms with Gasteiger partial charge in [0, 0.05) is 4.83 Å². The van der Waals surface area contributed by atoms with E-state index in [1.54, 1.807) is 0 Å². The first-order valence-electron chi connectivity index (χ1n) is 14.4. The Hall–Kier alpha value is -0.0200. The van der Waals surface area contributed by atoms with Crippen LogP contribution in [0, 0.1) is 0 Å². The van der Waals surface area contributed by atoms with Crippen LogP contribution < -0.4 is 0 Å². The second-order valence-electron chi connectivity index (χ2n) is 14.2. The van der Waals surface area contributed by atoms with E-state index in [0.29, 0.717) is 19.3 Å². The van der Waals surface area contributed by atoms with Gasteiger partial charge >= 0.3 is 0 Å². The minimum absolute atomic E-state index is 0.0151. The molecule has 0 radical (unpaired) electrons. The quantitative estimate of drug-likeness (QED) is 0.311. The number of aliphatic hydroxyl groups is 2. The van der Waals surface area contributed by atoms with Gasteiger partial charge in [0.15, 0.2) is 0 Å². The third-order valence-electron chi connectivity index (χ3n) is 9.67. The molecule has 6 nitrogen and oxygen atoms in total. The second kappa shape index (κ2) is 10.1. The maximum atomic E-state index is 11.7. The summed E-state index contributed by atoms with van der Waals surface area (Å²) in [6.45, 7) is 16.4. The van der Waals surface area contributed by atoms with Crippen LogP contribution in [0.15, 0.2) is 12.2 Å². The lowest BCUT2D eigenvalue weighted by Gasteiger charge is -2.49. The van der Waals surface area contributed by atoms with Crippen LogP contribution in [-0.2, 0) is 18.9 Å². The molecule has 4 heterocycles. The summed E-state index contributed by atoms with van der Waals surface area (Å²) in [7, 11) is 0. The van der Waals surface area contributed by atoms with E-state index in [9.17, 15) is 10.2 Å². The number of ether oxygens (including phenoxy) is 4. The zero-order valence-electron chi connectivity index (χ0n) is 24.3. The first-order valence-corrected chi connectivity index (χ1v) is 15.3. The Morgan fingerprint density at radius 2 is 1.54 bits per heavy atom. The Morgan fingerprint density at radius 3 is 2.24 bits per heavy atom. The summed E-state index contributed by atoms with van der Waals surface area (Å²) in [6.07, 6.45) is 10.2. The molecule has 7 heteroatoms. The van der Waals surface area contributed by atoms with Gasteiger partial charge in [-0.05, 0) is 113 Å². The molecule has 0 amide bonds. The van der Waals surface area contributed by atoms with Gasteiger partial charge in [0.05, 0.1) is 58.0 Å². The zero-order valence-corrected chi connectivity index (χ0v) is 25.9. The van der Waals surface area contributed by atoms with E-state index in [1.165, 1.54) is 0 Å². The van der Waals surface area contributed by atoms with Crippen LogP contribution in [-0.4, -0.2) is 73.1 Å². The smallest absolute Gasteiger partial charge is 0.0954 e. The van der Waals surface area contributed by atoms with Crippen LogP contribution in [0.3, 0.4) is 0 Å². The predicted octanol–water partition coefficient (Wildman–Crippen LogP) is 5.99. The average molecular weight is 588 g/mol. The van der Waals surface area contributed by atoms with Gasteiger partial charge in [-0.3, -0.25) is 0 Å². The van der Waals surface area contributed by atoms with E-state index in [1.807, 2.05) is 13.8 Å². The Kier molecular flexibility index (Phi) is 8.19. The fourth-order valence-electron chi connectivity index (χ4n) is 6.83. The van der Waals surface area contributed by atoms with Crippen molar-refractivity contribution in [2.75, 3.05) is 0 Å². The van der Waals surface area contributed by atoms with Crippen molar-refractivity contribution in [1.82, 2.24) is 0 Å². The topological polar surface area (TPSA) is 77.4 Å². The first-order chi connectivity index (χ1) is 16.9. The molecule has 0 bridgehead atoms. The summed E-state index contributed by atoms with van der Waals surface area (Å²) in [4.78, 5) is 0.172. The molecule has 0 spiro atoms. The molecule has 3 fully saturated rings. The molecule has 0 aromatic carbocycles. The highest BCUT2D eigenvalue weighted by atomic mass is 79.9. The number of alkyl halides is 1. The van der Waals surface area contributed by atoms with Gasteiger partial charge in [-0.2, -0.15) is 0 Å². The van der Waals surface area contributed by atoms with E-state index in [4.69, 9.17) is 18.9 Å². The van der Waals surface area contributed by atoms with E-state index in [0.717, 1.165) is 38.5 Å². The molecule has 0 aromatic rings. The number of hydrogen-bond acceptors (Lipinski definition) is 6. The Balaban J connectivity index is 1.44. The van der Waals surface area contributed by atoms with Gasteiger partial charge in [0.1, 0.15) is 0 Å². The van der Waals surface area contributed by atoms with Crippen molar-refractivity contribution in [3.8, 4) is 0 Å². The van der Waals surface area contributed by atoms with Gasteiger partial charge in [-0.25, -0.2) is 0 Å². The highest BCUT2D eigenvalue weighted by molar-refractivity contribution is 9.09. The van der Waals surface area contributed by atoms with Gasteiger partial charge in [0.2, 0.25) is 0 Å². The van der Waals surface area contributed by atoms with Crippen molar-refractivity contribution in [3.63, 3.8) is 0 Å². The maximum Gasteiger partial charge on any atom is 0.0954 e. The normalized spacial score (nSPS) is 47.5. The lowest BCUT2D eigenvalue weighted by molar-refractivity contribution is -0.261. The highest BCUT2D eigenvalue weighted by Gasteiger charge is 2.54. The van der Waals surface area contributed by atoms with Crippen molar-refractivity contribution in [2.45, 2.75) is 176 Å². The first kappa shape index (κ1) is 30.0. The summed E-state index contributed by atoms with van der Waals surface area (Å²) in [5.41, 5.74) is -3.58. The highest BCUT2D eigenvalue weighted by Crippen LogP contribution is 2.47. The molecule has 214 valence electrons. The minimum atomic E-state index is -1.04. The van der Waals surface area contributed by atoms with Crippen LogP contribution in [0.1, 0.15) is 113 Å². The molecule has 0 saturated carbocycles. The fourth-order valence-corrected chi connectivity index (χ4v) is 7.16. The summed E-state index contributed by atoms with van der Waals surface area (Å²) >= 11 is 3.74. The SMILES string of the molecule is CC1(C)C=CC[C@@]2(C)O[C@H]3CC[C@H]([C@@](C)(O)CC[C@@H]4OC(C)(C)[C@H](Br)CC[C@]4(C)O)O[C@]3(C)CC[C@@H]2O1.